The molecule has 11 aromatic carbocycles. The fourth-order valence-electron chi connectivity index (χ4n) is 11.8. The Morgan fingerprint density at radius 3 is 1.28 bits per heavy atom. The molecule has 0 aliphatic heterocycles. The van der Waals surface area contributed by atoms with Gasteiger partial charge in [-0.2, -0.15) is 0 Å². The van der Waals surface area contributed by atoms with Gasteiger partial charge in [0.05, 0.1) is 5.69 Å². The van der Waals surface area contributed by atoms with E-state index in [4.69, 9.17) is 0 Å². The highest BCUT2D eigenvalue weighted by Crippen LogP contribution is 2.58. The van der Waals surface area contributed by atoms with Gasteiger partial charge in [-0.05, 0) is 158 Å². The van der Waals surface area contributed by atoms with E-state index in [-0.39, 0.29) is 5.41 Å². The lowest BCUT2D eigenvalue weighted by Crippen LogP contribution is -2.21. The van der Waals surface area contributed by atoms with Crippen LogP contribution in [0.15, 0.2) is 267 Å². The molecule has 2 aliphatic rings. The Hall–Kier alpha value is -8.72. The van der Waals surface area contributed by atoms with Gasteiger partial charge in [0.1, 0.15) is 0 Å². The normalized spacial score (nSPS) is 13.2. The second-order valence-electron chi connectivity index (χ2n) is 19.2. The fraction of sp³-hybridized carbons (Fsp3) is 0.0725. The minimum absolute atomic E-state index is 0.0822. The molecule has 338 valence electrons. The zero-order chi connectivity index (χ0) is 47.1. The Morgan fingerprint density at radius 1 is 0.268 bits per heavy atom. The number of rotatable bonds is 10. The van der Waals surface area contributed by atoms with E-state index in [9.17, 15) is 0 Å². The number of hydrogen-bond acceptors (Lipinski definition) is 2. The zero-order valence-electron chi connectivity index (χ0n) is 39.6. The van der Waals surface area contributed by atoms with Crippen molar-refractivity contribution in [2.75, 3.05) is 9.80 Å². The molecule has 0 bridgehead atoms. The molecule has 2 heteroatoms. The highest BCUT2D eigenvalue weighted by molar-refractivity contribution is 6.00. The van der Waals surface area contributed by atoms with E-state index < -0.39 is 0 Å². The van der Waals surface area contributed by atoms with Crippen molar-refractivity contribution in [2.24, 2.45) is 0 Å². The first-order valence-corrected chi connectivity index (χ1v) is 25.1. The molecular weight excluding hydrogens is 857 g/mol. The van der Waals surface area contributed by atoms with Gasteiger partial charge in [-0.15, -0.1) is 0 Å². The van der Waals surface area contributed by atoms with Crippen LogP contribution in [0.4, 0.5) is 34.1 Å². The molecule has 0 atom stereocenters. The average molecular weight is 909 g/mol. The number of hydrogen-bond donors (Lipinski definition) is 0. The standard InChI is InChI=1S/C69H52N2/c1-4-17-49(18-5-1)52-29-35-58(36-30-52)70(61-41-42-65-64-26-12-13-27-66(64)69(67(65)48-61)43-14-15-44-69)59-37-31-53(32-38-59)54-33-39-60(40-34-54)71(68-28-16-24-55-23-10-11-25-63(55)68)62-46-56(50-19-6-2-7-20-50)45-57(47-62)51-21-8-3-9-22-51/h1-13,16-42,45-48H,14-15,43-44H2. The first kappa shape index (κ1) is 42.4. The lowest BCUT2D eigenvalue weighted by atomic mass is 9.76. The number of anilines is 6. The monoisotopic (exact) mass is 908 g/mol. The Kier molecular flexibility index (Phi) is 10.7. The van der Waals surface area contributed by atoms with Crippen LogP contribution >= 0.6 is 0 Å². The molecule has 0 amide bonds. The predicted molar refractivity (Wildman–Crippen MR) is 300 cm³/mol. The Bertz CT molecular complexity index is 3610. The van der Waals surface area contributed by atoms with Crippen LogP contribution in [0.25, 0.3) is 66.4 Å². The van der Waals surface area contributed by atoms with Gasteiger partial charge < -0.3 is 9.80 Å². The van der Waals surface area contributed by atoms with Crippen molar-refractivity contribution in [3.05, 3.63) is 278 Å². The van der Waals surface area contributed by atoms with Crippen LogP contribution in [-0.4, -0.2) is 0 Å². The lowest BCUT2D eigenvalue weighted by Gasteiger charge is -2.30. The van der Waals surface area contributed by atoms with E-state index in [2.05, 4.69) is 277 Å². The van der Waals surface area contributed by atoms with Crippen LogP contribution in [0.2, 0.25) is 0 Å². The van der Waals surface area contributed by atoms with Gasteiger partial charge in [0.15, 0.2) is 0 Å². The molecule has 0 unspecified atom stereocenters. The van der Waals surface area contributed by atoms with Gasteiger partial charge in [-0.3, -0.25) is 0 Å². The Labute approximate surface area is 417 Å². The third-order valence-corrected chi connectivity index (χ3v) is 15.2. The van der Waals surface area contributed by atoms with Crippen molar-refractivity contribution in [3.8, 4) is 55.6 Å². The van der Waals surface area contributed by atoms with Crippen LogP contribution in [0.1, 0.15) is 36.8 Å². The lowest BCUT2D eigenvalue weighted by molar-refractivity contribution is 0.550. The molecule has 0 heterocycles. The van der Waals surface area contributed by atoms with Gasteiger partial charge in [0.25, 0.3) is 0 Å². The summed E-state index contributed by atoms with van der Waals surface area (Å²) in [7, 11) is 0. The summed E-state index contributed by atoms with van der Waals surface area (Å²) in [4.78, 5) is 4.88. The maximum absolute atomic E-state index is 2.51. The molecule has 1 saturated carbocycles. The molecule has 1 spiro atoms. The summed E-state index contributed by atoms with van der Waals surface area (Å²) in [6.45, 7) is 0. The molecule has 1 fully saturated rings. The summed E-state index contributed by atoms with van der Waals surface area (Å²) in [6.07, 6.45) is 4.94. The van der Waals surface area contributed by atoms with Crippen LogP contribution in [0, 0.1) is 0 Å². The van der Waals surface area contributed by atoms with E-state index in [0.717, 1.165) is 28.4 Å². The summed E-state index contributed by atoms with van der Waals surface area (Å²) in [5, 5.41) is 2.41. The van der Waals surface area contributed by atoms with Gasteiger partial charge in [-0.25, -0.2) is 0 Å². The Balaban J connectivity index is 0.890. The van der Waals surface area contributed by atoms with Crippen LogP contribution in [0.5, 0.6) is 0 Å². The molecular formula is C69H52N2. The van der Waals surface area contributed by atoms with Crippen molar-refractivity contribution >= 4 is 44.9 Å². The second-order valence-corrected chi connectivity index (χ2v) is 19.2. The van der Waals surface area contributed by atoms with Crippen LogP contribution in [-0.2, 0) is 5.41 Å². The third kappa shape index (κ3) is 7.70. The molecule has 0 saturated heterocycles. The molecule has 2 aliphatic carbocycles. The van der Waals surface area contributed by atoms with Crippen LogP contribution < -0.4 is 9.80 Å². The summed E-state index contributed by atoms with van der Waals surface area (Å²) in [5.74, 6) is 0. The van der Waals surface area contributed by atoms with Gasteiger partial charge >= 0.3 is 0 Å². The van der Waals surface area contributed by atoms with Crippen molar-refractivity contribution in [2.45, 2.75) is 31.1 Å². The molecule has 2 nitrogen and oxygen atoms in total. The average Bonchev–Trinajstić information content (AvgIpc) is 4.05. The van der Waals surface area contributed by atoms with E-state index in [0.29, 0.717) is 0 Å². The summed E-state index contributed by atoms with van der Waals surface area (Å²) in [6, 6.07) is 98.2. The summed E-state index contributed by atoms with van der Waals surface area (Å²) in [5.41, 5.74) is 22.1. The van der Waals surface area contributed by atoms with Crippen LogP contribution in [0.3, 0.4) is 0 Å². The first-order chi connectivity index (χ1) is 35.2. The number of nitrogens with zero attached hydrogens (tertiary/aromatic N) is 2. The number of benzene rings is 11. The largest absolute Gasteiger partial charge is 0.310 e. The van der Waals surface area contributed by atoms with E-state index in [1.165, 1.54) is 109 Å². The smallest absolute Gasteiger partial charge is 0.0540 e. The van der Waals surface area contributed by atoms with Gasteiger partial charge in [0.2, 0.25) is 0 Å². The molecule has 0 radical (unpaired) electrons. The highest BCUT2D eigenvalue weighted by atomic mass is 15.1. The predicted octanol–water partition coefficient (Wildman–Crippen LogP) is 19.3. The SMILES string of the molecule is c1ccc(-c2ccc(N(c3ccc(-c4ccc(N(c5cc(-c6ccccc6)cc(-c6ccccc6)c5)c5cccc6ccccc56)cc4)cc3)c3ccc4c(c3)C3(CCCC3)c3ccccc3-4)cc2)cc1. The third-order valence-electron chi connectivity index (χ3n) is 15.2. The molecule has 13 rings (SSSR count). The molecule has 0 N–H and O–H groups in total. The summed E-state index contributed by atoms with van der Waals surface area (Å²) < 4.78 is 0. The first-order valence-electron chi connectivity index (χ1n) is 25.1. The van der Waals surface area contributed by atoms with Crippen molar-refractivity contribution < 1.29 is 0 Å². The minimum Gasteiger partial charge on any atom is -0.310 e. The zero-order valence-corrected chi connectivity index (χ0v) is 39.6. The summed E-state index contributed by atoms with van der Waals surface area (Å²) >= 11 is 0. The Morgan fingerprint density at radius 2 is 0.704 bits per heavy atom. The van der Waals surface area contributed by atoms with E-state index in [1.54, 1.807) is 0 Å². The molecule has 71 heavy (non-hydrogen) atoms. The quantitative estimate of drug-likeness (QED) is 0.135. The molecule has 11 aromatic rings. The van der Waals surface area contributed by atoms with Gasteiger partial charge in [-0.1, -0.05) is 207 Å². The van der Waals surface area contributed by atoms with Crippen molar-refractivity contribution in [3.63, 3.8) is 0 Å². The van der Waals surface area contributed by atoms with E-state index in [1.807, 2.05) is 0 Å². The maximum Gasteiger partial charge on any atom is 0.0540 e. The second kappa shape index (κ2) is 18.0. The maximum atomic E-state index is 2.51. The van der Waals surface area contributed by atoms with Crippen molar-refractivity contribution in [1.29, 1.82) is 0 Å². The highest BCUT2D eigenvalue weighted by Gasteiger charge is 2.45. The van der Waals surface area contributed by atoms with Gasteiger partial charge in [0, 0.05) is 39.2 Å². The molecule has 0 aromatic heterocycles. The van der Waals surface area contributed by atoms with Crippen molar-refractivity contribution in [1.82, 2.24) is 0 Å². The van der Waals surface area contributed by atoms with E-state index >= 15 is 0 Å². The topological polar surface area (TPSA) is 6.48 Å². The fourth-order valence-corrected chi connectivity index (χ4v) is 11.8. The number of fused-ring (bicyclic) bond motifs is 6. The minimum atomic E-state index is 0.0822.